The molecule has 1 aliphatic carbocycles. The lowest BCUT2D eigenvalue weighted by Crippen LogP contribution is -2.12. The first-order valence-electron chi connectivity index (χ1n) is 6.50. The Kier molecular flexibility index (Phi) is 3.33. The molecule has 1 heterocycles. The summed E-state index contributed by atoms with van der Waals surface area (Å²) in [5.74, 6) is 0.167. The Balaban J connectivity index is 1.64. The fourth-order valence-electron chi connectivity index (χ4n) is 1.79. The topological polar surface area (TPSA) is 54.0 Å². The molecule has 1 aromatic carbocycles. The highest BCUT2D eigenvalue weighted by Gasteiger charge is 2.21. The van der Waals surface area contributed by atoms with Crippen molar-refractivity contribution in [3.63, 3.8) is 0 Å². The number of nitrogens with zero attached hydrogens (tertiary/aromatic N) is 1. The zero-order valence-electron chi connectivity index (χ0n) is 10.8. The molecular formula is C15H14FN3O. The minimum Gasteiger partial charge on any atom is -0.367 e. The van der Waals surface area contributed by atoms with E-state index in [1.54, 1.807) is 12.3 Å². The number of carbonyl (C=O) groups excluding carboxylic acids is 1. The third-order valence-corrected chi connectivity index (χ3v) is 3.06. The molecule has 102 valence electrons. The molecule has 1 fully saturated rings. The maximum absolute atomic E-state index is 12.8. The molecule has 5 heteroatoms. The van der Waals surface area contributed by atoms with Gasteiger partial charge in [-0.2, -0.15) is 0 Å². The van der Waals surface area contributed by atoms with Gasteiger partial charge in [0.2, 0.25) is 0 Å². The summed E-state index contributed by atoms with van der Waals surface area (Å²) in [6, 6.07) is 9.58. The monoisotopic (exact) mass is 271 g/mol. The van der Waals surface area contributed by atoms with Gasteiger partial charge in [-0.3, -0.25) is 4.79 Å². The predicted molar refractivity (Wildman–Crippen MR) is 75.2 cm³/mol. The van der Waals surface area contributed by atoms with Crippen LogP contribution in [0.1, 0.15) is 23.2 Å². The summed E-state index contributed by atoms with van der Waals surface area (Å²) in [6.45, 7) is 0. The van der Waals surface area contributed by atoms with Crippen LogP contribution in [0.2, 0.25) is 0 Å². The molecule has 1 amide bonds. The van der Waals surface area contributed by atoms with Crippen molar-refractivity contribution in [1.82, 2.24) is 4.98 Å². The number of aromatic nitrogens is 1. The molecular weight excluding hydrogens is 257 g/mol. The Morgan fingerprint density at radius 1 is 1.15 bits per heavy atom. The van der Waals surface area contributed by atoms with Gasteiger partial charge in [0, 0.05) is 11.6 Å². The summed E-state index contributed by atoms with van der Waals surface area (Å²) in [5, 5.41) is 5.99. The smallest absolute Gasteiger partial charge is 0.255 e. The first-order chi connectivity index (χ1) is 9.70. The fraction of sp³-hybridized carbons (Fsp3) is 0.200. The number of anilines is 2. The van der Waals surface area contributed by atoms with Gasteiger partial charge >= 0.3 is 0 Å². The van der Waals surface area contributed by atoms with E-state index in [1.807, 2.05) is 6.07 Å². The average molecular weight is 271 g/mol. The van der Waals surface area contributed by atoms with Crippen LogP contribution < -0.4 is 10.6 Å². The zero-order valence-corrected chi connectivity index (χ0v) is 10.8. The third kappa shape index (κ3) is 3.12. The number of hydrogen-bond donors (Lipinski definition) is 2. The summed E-state index contributed by atoms with van der Waals surface area (Å²) >= 11 is 0. The minimum atomic E-state index is -0.362. The van der Waals surface area contributed by atoms with Crippen LogP contribution in [0.5, 0.6) is 0 Å². The van der Waals surface area contributed by atoms with Gasteiger partial charge in [0.05, 0.1) is 11.9 Å². The second-order valence-corrected chi connectivity index (χ2v) is 4.81. The molecule has 0 bridgehead atoms. The van der Waals surface area contributed by atoms with Crippen LogP contribution in [0.3, 0.4) is 0 Å². The van der Waals surface area contributed by atoms with Crippen molar-refractivity contribution in [2.45, 2.75) is 18.9 Å². The number of carbonyl (C=O) groups is 1. The number of amides is 1. The van der Waals surface area contributed by atoms with E-state index in [0.717, 1.165) is 5.82 Å². The summed E-state index contributed by atoms with van der Waals surface area (Å²) in [7, 11) is 0. The number of nitrogens with one attached hydrogen (secondary N) is 2. The molecule has 0 aliphatic heterocycles. The van der Waals surface area contributed by atoms with Crippen LogP contribution in [0.25, 0.3) is 0 Å². The third-order valence-electron chi connectivity index (χ3n) is 3.06. The Hall–Kier alpha value is -2.43. The van der Waals surface area contributed by atoms with E-state index in [2.05, 4.69) is 15.6 Å². The van der Waals surface area contributed by atoms with E-state index in [9.17, 15) is 9.18 Å². The zero-order chi connectivity index (χ0) is 13.9. The lowest BCUT2D eigenvalue weighted by molar-refractivity contribution is 0.102. The van der Waals surface area contributed by atoms with Gasteiger partial charge in [-0.25, -0.2) is 9.37 Å². The van der Waals surface area contributed by atoms with Gasteiger partial charge in [-0.1, -0.05) is 0 Å². The number of pyridine rings is 1. The fourth-order valence-corrected chi connectivity index (χ4v) is 1.79. The van der Waals surface area contributed by atoms with Crippen molar-refractivity contribution >= 4 is 17.4 Å². The lowest BCUT2D eigenvalue weighted by atomic mass is 10.2. The minimum absolute atomic E-state index is 0.283. The molecule has 0 atom stereocenters. The van der Waals surface area contributed by atoms with Crippen molar-refractivity contribution in [3.05, 3.63) is 54.0 Å². The van der Waals surface area contributed by atoms with Crippen LogP contribution in [-0.2, 0) is 0 Å². The van der Waals surface area contributed by atoms with E-state index >= 15 is 0 Å². The van der Waals surface area contributed by atoms with Crippen molar-refractivity contribution in [2.75, 3.05) is 10.6 Å². The quantitative estimate of drug-likeness (QED) is 0.898. The van der Waals surface area contributed by atoms with Crippen LogP contribution in [-0.4, -0.2) is 16.9 Å². The molecule has 2 N–H and O–H groups in total. The normalized spacial score (nSPS) is 13.8. The van der Waals surface area contributed by atoms with Crippen LogP contribution in [0, 0.1) is 5.82 Å². The Bertz CT molecular complexity index is 606. The van der Waals surface area contributed by atoms with Gasteiger partial charge in [0.1, 0.15) is 11.6 Å². The largest absolute Gasteiger partial charge is 0.367 e. The number of halogens is 1. The molecule has 3 rings (SSSR count). The molecule has 1 aromatic heterocycles. The number of benzene rings is 1. The second-order valence-electron chi connectivity index (χ2n) is 4.81. The summed E-state index contributed by atoms with van der Waals surface area (Å²) in [6.07, 6.45) is 3.97. The van der Waals surface area contributed by atoms with Gasteiger partial charge in [0.15, 0.2) is 0 Å². The molecule has 0 unspecified atom stereocenters. The number of hydrogen-bond acceptors (Lipinski definition) is 3. The van der Waals surface area contributed by atoms with Crippen LogP contribution in [0.4, 0.5) is 15.9 Å². The highest BCUT2D eigenvalue weighted by Crippen LogP contribution is 2.24. The first-order valence-corrected chi connectivity index (χ1v) is 6.50. The Morgan fingerprint density at radius 2 is 1.90 bits per heavy atom. The van der Waals surface area contributed by atoms with Crippen molar-refractivity contribution in [2.24, 2.45) is 0 Å². The van der Waals surface area contributed by atoms with E-state index in [1.165, 1.54) is 37.1 Å². The standard InChI is InChI=1S/C15H14FN3O/c16-11-3-1-10(2-4-11)15(20)19-13-7-8-14(17-9-13)18-12-5-6-12/h1-4,7-9,12H,5-6H2,(H,17,18)(H,19,20). The van der Waals surface area contributed by atoms with Crippen LogP contribution in [0.15, 0.2) is 42.6 Å². The maximum atomic E-state index is 12.8. The molecule has 1 aliphatic rings. The molecule has 0 radical (unpaired) electrons. The molecule has 0 spiro atoms. The van der Waals surface area contributed by atoms with Crippen LogP contribution >= 0.6 is 0 Å². The summed E-state index contributed by atoms with van der Waals surface area (Å²) < 4.78 is 12.8. The summed E-state index contributed by atoms with van der Waals surface area (Å²) in [5.41, 5.74) is 1.02. The van der Waals surface area contributed by atoms with E-state index in [-0.39, 0.29) is 11.7 Å². The predicted octanol–water partition coefficient (Wildman–Crippen LogP) is 3.05. The van der Waals surface area contributed by atoms with Crippen molar-refractivity contribution in [3.8, 4) is 0 Å². The van der Waals surface area contributed by atoms with Gasteiger partial charge in [0.25, 0.3) is 5.91 Å². The summed E-state index contributed by atoms with van der Waals surface area (Å²) in [4.78, 5) is 16.2. The maximum Gasteiger partial charge on any atom is 0.255 e. The SMILES string of the molecule is O=C(Nc1ccc(NC2CC2)nc1)c1ccc(F)cc1. The van der Waals surface area contributed by atoms with Gasteiger partial charge in [-0.05, 0) is 49.2 Å². The lowest BCUT2D eigenvalue weighted by Gasteiger charge is -2.07. The van der Waals surface area contributed by atoms with Gasteiger partial charge < -0.3 is 10.6 Å². The molecule has 4 nitrogen and oxygen atoms in total. The average Bonchev–Trinajstić information content (AvgIpc) is 3.26. The second kappa shape index (κ2) is 5.28. The highest BCUT2D eigenvalue weighted by molar-refractivity contribution is 6.04. The van der Waals surface area contributed by atoms with E-state index < -0.39 is 0 Å². The number of rotatable bonds is 4. The molecule has 20 heavy (non-hydrogen) atoms. The Labute approximate surface area is 116 Å². The highest BCUT2D eigenvalue weighted by atomic mass is 19.1. The van der Waals surface area contributed by atoms with Crippen molar-refractivity contribution in [1.29, 1.82) is 0 Å². The van der Waals surface area contributed by atoms with Gasteiger partial charge in [-0.15, -0.1) is 0 Å². The van der Waals surface area contributed by atoms with Crippen molar-refractivity contribution < 1.29 is 9.18 Å². The Morgan fingerprint density at radius 3 is 2.50 bits per heavy atom. The van der Waals surface area contributed by atoms with E-state index in [0.29, 0.717) is 17.3 Å². The molecule has 2 aromatic rings. The first kappa shape index (κ1) is 12.6. The molecule has 0 saturated heterocycles. The van der Waals surface area contributed by atoms with E-state index in [4.69, 9.17) is 0 Å². The molecule has 1 saturated carbocycles.